The molecule has 7 nitrogen and oxygen atoms in total. The number of carbonyl (C=O) groups excluding carboxylic acids is 1. The number of anilines is 1. The zero-order valence-electron chi connectivity index (χ0n) is 15.6. The minimum absolute atomic E-state index is 0.146. The second-order valence-corrected chi connectivity index (χ2v) is 11.2. The summed E-state index contributed by atoms with van der Waals surface area (Å²) in [4.78, 5) is 12.4. The monoisotopic (exact) mass is 436 g/mol. The Kier molecular flexibility index (Phi) is 6.33. The van der Waals surface area contributed by atoms with Gasteiger partial charge in [0, 0.05) is 12.3 Å². The molecule has 2 aromatic carbocycles. The number of benzene rings is 2. The molecule has 0 atom stereocenters. The van der Waals surface area contributed by atoms with Crippen LogP contribution in [0.4, 0.5) is 5.13 Å². The maximum Gasteiger partial charge on any atom is 0.243 e. The molecule has 0 fully saturated rings. The second-order valence-electron chi connectivity index (χ2n) is 6.36. The molecule has 1 heterocycles. The zero-order chi connectivity index (χ0) is 20.3. The highest BCUT2D eigenvalue weighted by Gasteiger charge is 2.23. The molecular weight excluding hydrogens is 416 g/mol. The Hall–Kier alpha value is -2.01. The summed E-state index contributed by atoms with van der Waals surface area (Å²) in [6.07, 6.45) is 0. The first-order chi connectivity index (χ1) is 13.3. The third-order valence-electron chi connectivity index (χ3n) is 3.78. The van der Waals surface area contributed by atoms with Crippen molar-refractivity contribution in [2.75, 3.05) is 18.9 Å². The lowest BCUT2D eigenvalue weighted by molar-refractivity contribution is -0.116. The van der Waals surface area contributed by atoms with Crippen LogP contribution in [0.15, 0.2) is 51.7 Å². The fourth-order valence-electron chi connectivity index (χ4n) is 2.46. The first-order valence-corrected chi connectivity index (χ1v) is 11.6. The molecule has 3 rings (SSSR count). The Morgan fingerprint density at radius 1 is 1.18 bits per heavy atom. The maximum absolute atomic E-state index is 12.8. The van der Waals surface area contributed by atoms with Crippen LogP contribution in [0.25, 0.3) is 10.8 Å². The number of nitrogens with zero attached hydrogens (tertiary/aromatic N) is 3. The molecule has 0 bridgehead atoms. The fourth-order valence-corrected chi connectivity index (χ4v) is 5.62. The van der Waals surface area contributed by atoms with Crippen LogP contribution in [-0.2, 0) is 14.8 Å². The van der Waals surface area contributed by atoms with E-state index in [2.05, 4.69) is 15.5 Å². The molecule has 1 N–H and O–H groups in total. The molecule has 0 saturated heterocycles. The molecule has 0 spiro atoms. The number of amides is 1. The first kappa shape index (κ1) is 20.7. The molecule has 1 aromatic heterocycles. The topological polar surface area (TPSA) is 92.3 Å². The van der Waals surface area contributed by atoms with Crippen molar-refractivity contribution in [2.24, 2.45) is 0 Å². The van der Waals surface area contributed by atoms with E-state index in [1.54, 1.807) is 30.0 Å². The van der Waals surface area contributed by atoms with Gasteiger partial charge < -0.3 is 0 Å². The number of sulfonamides is 1. The summed E-state index contributed by atoms with van der Waals surface area (Å²) in [6.45, 7) is 3.76. The quantitative estimate of drug-likeness (QED) is 0.450. The van der Waals surface area contributed by atoms with Gasteiger partial charge in [-0.15, -0.1) is 10.2 Å². The number of hydrogen-bond donors (Lipinski definition) is 1. The highest BCUT2D eigenvalue weighted by molar-refractivity contribution is 8.01. The molecule has 10 heteroatoms. The predicted octanol–water partition coefficient (Wildman–Crippen LogP) is 3.45. The van der Waals surface area contributed by atoms with Gasteiger partial charge in [0.25, 0.3) is 0 Å². The molecule has 0 unspecified atom stereocenters. The number of likely N-dealkylation sites (N-methyl/N-ethyl adjacent to an activating group) is 1. The largest absolute Gasteiger partial charge is 0.299 e. The molecule has 3 aromatic rings. The number of nitrogens with one attached hydrogen (secondary N) is 1. The van der Waals surface area contributed by atoms with Crippen LogP contribution in [0.2, 0.25) is 0 Å². The molecule has 1 amide bonds. The Morgan fingerprint density at radius 3 is 2.61 bits per heavy atom. The van der Waals surface area contributed by atoms with E-state index in [1.807, 2.05) is 38.1 Å². The number of carbonyl (C=O) groups is 1. The van der Waals surface area contributed by atoms with Crippen LogP contribution in [-0.4, -0.2) is 47.7 Å². The lowest BCUT2D eigenvalue weighted by atomic mass is 10.1. The van der Waals surface area contributed by atoms with Gasteiger partial charge in [0.05, 0.1) is 11.4 Å². The van der Waals surface area contributed by atoms with Crippen molar-refractivity contribution >= 4 is 54.9 Å². The summed E-state index contributed by atoms with van der Waals surface area (Å²) >= 11 is 2.81. The van der Waals surface area contributed by atoms with Crippen molar-refractivity contribution in [3.8, 4) is 0 Å². The molecule has 28 heavy (non-hydrogen) atoms. The Bertz CT molecular complexity index is 1100. The van der Waals surface area contributed by atoms with Gasteiger partial charge in [0.1, 0.15) is 0 Å². The predicted molar refractivity (Wildman–Crippen MR) is 113 cm³/mol. The minimum atomic E-state index is -3.79. The normalized spacial score (nSPS) is 12.0. The van der Waals surface area contributed by atoms with Gasteiger partial charge in [-0.1, -0.05) is 67.3 Å². The summed E-state index contributed by atoms with van der Waals surface area (Å²) in [7, 11) is -2.41. The van der Waals surface area contributed by atoms with Crippen molar-refractivity contribution < 1.29 is 13.2 Å². The number of fused-ring (bicyclic) bond motifs is 1. The van der Waals surface area contributed by atoms with Crippen LogP contribution in [0.1, 0.15) is 13.8 Å². The SMILES string of the molecule is CC(C)Sc1nnc(NC(=O)CN(C)S(=O)(=O)c2ccc3ccccc3c2)s1. The van der Waals surface area contributed by atoms with E-state index in [0.717, 1.165) is 19.4 Å². The van der Waals surface area contributed by atoms with E-state index < -0.39 is 15.9 Å². The van der Waals surface area contributed by atoms with E-state index in [4.69, 9.17) is 0 Å². The van der Waals surface area contributed by atoms with Gasteiger partial charge in [-0.2, -0.15) is 4.31 Å². The average Bonchev–Trinajstić information content (AvgIpc) is 3.06. The lowest BCUT2D eigenvalue weighted by Crippen LogP contribution is -2.34. The second kappa shape index (κ2) is 8.56. The standard InChI is InChI=1S/C18H20N4O3S3/c1-12(2)26-18-21-20-17(27-18)19-16(23)11-22(3)28(24,25)15-9-8-13-6-4-5-7-14(13)10-15/h4-10,12H,11H2,1-3H3,(H,19,20,23). The van der Waals surface area contributed by atoms with Gasteiger partial charge in [-0.25, -0.2) is 8.42 Å². The Morgan fingerprint density at radius 2 is 1.89 bits per heavy atom. The van der Waals surface area contributed by atoms with E-state index in [1.165, 1.54) is 18.4 Å². The molecule has 0 aliphatic carbocycles. The van der Waals surface area contributed by atoms with E-state index in [-0.39, 0.29) is 11.4 Å². The lowest BCUT2D eigenvalue weighted by Gasteiger charge is -2.16. The van der Waals surface area contributed by atoms with E-state index in [9.17, 15) is 13.2 Å². The number of hydrogen-bond acceptors (Lipinski definition) is 7. The molecule has 148 valence electrons. The zero-order valence-corrected chi connectivity index (χ0v) is 18.1. The van der Waals surface area contributed by atoms with Crippen molar-refractivity contribution in [3.63, 3.8) is 0 Å². The number of aromatic nitrogens is 2. The maximum atomic E-state index is 12.8. The van der Waals surface area contributed by atoms with Crippen LogP contribution in [0.3, 0.4) is 0 Å². The summed E-state index contributed by atoms with van der Waals surface area (Å²) in [5.41, 5.74) is 0. The van der Waals surface area contributed by atoms with Crippen molar-refractivity contribution in [3.05, 3.63) is 42.5 Å². The highest BCUT2D eigenvalue weighted by Crippen LogP contribution is 2.28. The summed E-state index contributed by atoms with van der Waals surface area (Å²) in [5.74, 6) is -0.468. The van der Waals surface area contributed by atoms with Gasteiger partial charge in [0.2, 0.25) is 21.1 Å². The smallest absolute Gasteiger partial charge is 0.243 e. The first-order valence-electron chi connectivity index (χ1n) is 8.51. The third kappa shape index (κ3) is 4.88. The van der Waals surface area contributed by atoms with Crippen LogP contribution < -0.4 is 5.32 Å². The highest BCUT2D eigenvalue weighted by atomic mass is 32.2. The average molecular weight is 437 g/mol. The van der Waals surface area contributed by atoms with Crippen molar-refractivity contribution in [1.29, 1.82) is 0 Å². The minimum Gasteiger partial charge on any atom is -0.299 e. The van der Waals surface area contributed by atoms with Crippen molar-refractivity contribution in [2.45, 2.75) is 28.3 Å². The molecule has 0 saturated carbocycles. The van der Waals surface area contributed by atoms with Gasteiger partial charge in [-0.05, 0) is 22.9 Å². The van der Waals surface area contributed by atoms with E-state index >= 15 is 0 Å². The van der Waals surface area contributed by atoms with Gasteiger partial charge in [-0.3, -0.25) is 10.1 Å². The van der Waals surface area contributed by atoms with Crippen LogP contribution in [0.5, 0.6) is 0 Å². The van der Waals surface area contributed by atoms with Crippen molar-refractivity contribution in [1.82, 2.24) is 14.5 Å². The number of thioether (sulfide) groups is 1. The molecule has 0 radical (unpaired) electrons. The summed E-state index contributed by atoms with van der Waals surface area (Å²) in [6, 6.07) is 12.4. The summed E-state index contributed by atoms with van der Waals surface area (Å²) in [5, 5.41) is 13.0. The molecular formula is C18H20N4O3S3. The summed E-state index contributed by atoms with van der Waals surface area (Å²) < 4.78 is 27.4. The van der Waals surface area contributed by atoms with Gasteiger partial charge >= 0.3 is 0 Å². The van der Waals surface area contributed by atoms with E-state index in [0.29, 0.717) is 10.4 Å². The fraction of sp³-hybridized carbons (Fsp3) is 0.278. The molecule has 0 aliphatic heterocycles. The third-order valence-corrected chi connectivity index (χ3v) is 7.51. The Balaban J connectivity index is 1.68. The Labute approximate surface area is 172 Å². The van der Waals surface area contributed by atoms with Crippen LogP contribution >= 0.6 is 23.1 Å². The van der Waals surface area contributed by atoms with Gasteiger partial charge in [0.15, 0.2) is 4.34 Å². The number of rotatable bonds is 7. The van der Waals surface area contributed by atoms with Crippen LogP contribution in [0, 0.1) is 0 Å². The molecule has 0 aliphatic rings.